The summed E-state index contributed by atoms with van der Waals surface area (Å²) in [5.41, 5.74) is 4.15. The predicted molar refractivity (Wildman–Crippen MR) is 107 cm³/mol. The fraction of sp³-hybridized carbons (Fsp3) is 0.238. The van der Waals surface area contributed by atoms with Crippen molar-refractivity contribution >= 4 is 28.9 Å². The third-order valence-electron chi connectivity index (χ3n) is 4.62. The zero-order valence-electron chi connectivity index (χ0n) is 15.3. The highest BCUT2D eigenvalue weighted by Crippen LogP contribution is 2.28. The topological polar surface area (TPSA) is 72.9 Å². The molecule has 0 spiro atoms. The van der Waals surface area contributed by atoms with E-state index in [1.54, 1.807) is 0 Å². The molecule has 0 aliphatic carbocycles. The van der Waals surface area contributed by atoms with Crippen LogP contribution >= 0.6 is 0 Å². The normalized spacial score (nSPS) is 14.4. The van der Waals surface area contributed by atoms with Crippen molar-refractivity contribution in [3.63, 3.8) is 0 Å². The van der Waals surface area contributed by atoms with Crippen molar-refractivity contribution in [2.75, 3.05) is 41.3 Å². The molecule has 1 fully saturated rings. The molecule has 1 saturated heterocycles. The number of carboxylic acids is 1. The first-order chi connectivity index (χ1) is 13.0. The minimum absolute atomic E-state index is 0.455. The van der Waals surface area contributed by atoms with Crippen molar-refractivity contribution in [1.29, 1.82) is 0 Å². The van der Waals surface area contributed by atoms with Crippen LogP contribution in [0.5, 0.6) is 0 Å². The van der Waals surface area contributed by atoms with Gasteiger partial charge in [-0.25, -0.2) is 4.79 Å². The van der Waals surface area contributed by atoms with Crippen LogP contribution in [0.25, 0.3) is 0 Å². The first-order valence-electron chi connectivity index (χ1n) is 8.91. The van der Waals surface area contributed by atoms with E-state index in [-0.39, 0.29) is 0 Å². The molecule has 1 amide bonds. The van der Waals surface area contributed by atoms with Crippen LogP contribution in [0.1, 0.15) is 5.56 Å². The van der Waals surface area contributed by atoms with Gasteiger partial charge in [-0.05, 0) is 30.7 Å². The molecule has 0 aromatic heterocycles. The Labute approximate surface area is 158 Å². The van der Waals surface area contributed by atoms with Crippen molar-refractivity contribution in [2.24, 2.45) is 0 Å². The number of carbonyl (C=O) groups is 2. The van der Waals surface area contributed by atoms with Gasteiger partial charge in [0.2, 0.25) is 5.91 Å². The van der Waals surface area contributed by atoms with E-state index >= 15 is 0 Å². The maximum Gasteiger partial charge on any atom is 0.328 e. The summed E-state index contributed by atoms with van der Waals surface area (Å²) in [5, 5.41) is 11.4. The van der Waals surface area contributed by atoms with Gasteiger partial charge in [0.05, 0.1) is 11.4 Å². The number of rotatable bonds is 5. The molecule has 2 aromatic rings. The summed E-state index contributed by atoms with van der Waals surface area (Å²) in [7, 11) is 0. The lowest BCUT2D eigenvalue weighted by molar-refractivity contribution is -0.131. The van der Waals surface area contributed by atoms with Gasteiger partial charge in [0.15, 0.2) is 0 Å². The van der Waals surface area contributed by atoms with E-state index in [1.165, 1.54) is 11.3 Å². The molecular weight excluding hydrogens is 342 g/mol. The predicted octanol–water partition coefficient (Wildman–Crippen LogP) is 2.90. The number of nitrogens with zero attached hydrogens (tertiary/aromatic N) is 2. The number of aliphatic carboxylic acids is 1. The molecule has 0 saturated carbocycles. The second kappa shape index (κ2) is 8.40. The monoisotopic (exact) mass is 365 g/mol. The molecule has 1 heterocycles. The average Bonchev–Trinajstić information content (AvgIpc) is 2.67. The van der Waals surface area contributed by atoms with E-state index in [2.05, 4.69) is 40.2 Å². The summed E-state index contributed by atoms with van der Waals surface area (Å²) in [5.74, 6) is -1.60. The van der Waals surface area contributed by atoms with Gasteiger partial charge < -0.3 is 20.2 Å². The quantitative estimate of drug-likeness (QED) is 0.797. The zero-order chi connectivity index (χ0) is 19.2. The molecule has 1 aliphatic rings. The van der Waals surface area contributed by atoms with Crippen LogP contribution in [0, 0.1) is 6.92 Å². The Bertz CT molecular complexity index is 855. The number of benzene rings is 2. The lowest BCUT2D eigenvalue weighted by Crippen LogP contribution is -2.47. The molecule has 2 aromatic carbocycles. The molecule has 0 unspecified atom stereocenters. The van der Waals surface area contributed by atoms with Crippen LogP contribution in [0.4, 0.5) is 17.1 Å². The van der Waals surface area contributed by atoms with E-state index in [0.717, 1.165) is 44.0 Å². The number of anilines is 3. The molecule has 0 bridgehead atoms. The lowest BCUT2D eigenvalue weighted by atomic mass is 10.1. The van der Waals surface area contributed by atoms with E-state index in [0.29, 0.717) is 5.69 Å². The molecule has 27 heavy (non-hydrogen) atoms. The van der Waals surface area contributed by atoms with Crippen LogP contribution < -0.4 is 15.1 Å². The molecule has 6 heteroatoms. The number of para-hydroxylation sites is 3. The number of nitrogens with one attached hydrogen (secondary N) is 1. The van der Waals surface area contributed by atoms with Gasteiger partial charge in [-0.2, -0.15) is 0 Å². The second-order valence-electron chi connectivity index (χ2n) is 6.44. The summed E-state index contributed by atoms with van der Waals surface area (Å²) < 4.78 is 0. The Kier molecular flexibility index (Phi) is 5.76. The van der Waals surface area contributed by atoms with Gasteiger partial charge in [-0.1, -0.05) is 30.3 Å². The SMILES string of the molecule is Cc1ccccc1N1CCN(c2ccccc2NC(=O)/C=C\C(=O)O)CC1. The van der Waals surface area contributed by atoms with Crippen molar-refractivity contribution in [3.8, 4) is 0 Å². The third kappa shape index (κ3) is 4.67. The number of carboxylic acid groups (broad SMARTS) is 1. The molecular formula is C21H23N3O3. The molecule has 0 radical (unpaired) electrons. The van der Waals surface area contributed by atoms with E-state index < -0.39 is 11.9 Å². The van der Waals surface area contributed by atoms with Gasteiger partial charge in [0, 0.05) is 44.0 Å². The number of hydrogen-bond acceptors (Lipinski definition) is 4. The standard InChI is InChI=1S/C21H23N3O3/c1-16-6-2-4-8-18(16)23-12-14-24(15-13-23)19-9-5-3-7-17(19)22-20(25)10-11-21(26)27/h2-11H,12-15H2,1H3,(H,22,25)(H,26,27)/b11-10-. The van der Waals surface area contributed by atoms with Gasteiger partial charge in [-0.3, -0.25) is 4.79 Å². The third-order valence-corrected chi connectivity index (χ3v) is 4.62. The van der Waals surface area contributed by atoms with E-state index in [1.807, 2.05) is 30.3 Å². The van der Waals surface area contributed by atoms with Gasteiger partial charge in [0.25, 0.3) is 0 Å². The van der Waals surface area contributed by atoms with Crippen molar-refractivity contribution in [2.45, 2.75) is 6.92 Å². The molecule has 6 nitrogen and oxygen atoms in total. The van der Waals surface area contributed by atoms with E-state index in [9.17, 15) is 9.59 Å². The highest BCUT2D eigenvalue weighted by Gasteiger charge is 2.20. The molecule has 140 valence electrons. The number of piperazine rings is 1. The van der Waals surface area contributed by atoms with Gasteiger partial charge in [0.1, 0.15) is 0 Å². The number of carbonyl (C=O) groups excluding carboxylic acids is 1. The van der Waals surface area contributed by atoms with Crippen LogP contribution in [0.3, 0.4) is 0 Å². The summed E-state index contributed by atoms with van der Waals surface area (Å²) in [6.07, 6.45) is 1.86. The minimum atomic E-state index is -1.15. The van der Waals surface area contributed by atoms with Gasteiger partial charge >= 0.3 is 5.97 Å². The summed E-state index contributed by atoms with van der Waals surface area (Å²) in [6.45, 7) is 5.59. The Morgan fingerprint density at radius 2 is 1.44 bits per heavy atom. The first-order valence-corrected chi connectivity index (χ1v) is 8.91. The fourth-order valence-corrected chi connectivity index (χ4v) is 3.28. The highest BCUT2D eigenvalue weighted by atomic mass is 16.4. The second-order valence-corrected chi connectivity index (χ2v) is 6.44. The van der Waals surface area contributed by atoms with Crippen molar-refractivity contribution in [1.82, 2.24) is 0 Å². The Balaban J connectivity index is 1.69. The number of hydrogen-bond donors (Lipinski definition) is 2. The van der Waals surface area contributed by atoms with Crippen LogP contribution in [-0.2, 0) is 9.59 Å². The van der Waals surface area contributed by atoms with Crippen LogP contribution in [-0.4, -0.2) is 43.2 Å². The summed E-state index contributed by atoms with van der Waals surface area (Å²) in [4.78, 5) is 27.1. The molecule has 3 rings (SSSR count). The smallest absolute Gasteiger partial charge is 0.328 e. The maximum atomic E-state index is 11.9. The van der Waals surface area contributed by atoms with Crippen LogP contribution in [0.15, 0.2) is 60.7 Å². The first kappa shape index (κ1) is 18.5. The number of amides is 1. The van der Waals surface area contributed by atoms with Crippen LogP contribution in [0.2, 0.25) is 0 Å². The van der Waals surface area contributed by atoms with Crippen molar-refractivity contribution < 1.29 is 14.7 Å². The number of aryl methyl sites for hydroxylation is 1. The zero-order valence-corrected chi connectivity index (χ0v) is 15.3. The maximum absolute atomic E-state index is 11.9. The molecule has 2 N–H and O–H groups in total. The van der Waals surface area contributed by atoms with Gasteiger partial charge in [-0.15, -0.1) is 0 Å². The minimum Gasteiger partial charge on any atom is -0.478 e. The summed E-state index contributed by atoms with van der Waals surface area (Å²) in [6, 6.07) is 16.0. The Morgan fingerprint density at radius 3 is 2.07 bits per heavy atom. The fourth-order valence-electron chi connectivity index (χ4n) is 3.28. The largest absolute Gasteiger partial charge is 0.478 e. The molecule has 1 aliphatic heterocycles. The highest BCUT2D eigenvalue weighted by molar-refractivity contribution is 6.04. The average molecular weight is 365 g/mol. The van der Waals surface area contributed by atoms with E-state index in [4.69, 9.17) is 5.11 Å². The summed E-state index contributed by atoms with van der Waals surface area (Å²) >= 11 is 0. The molecule has 0 atom stereocenters. The van der Waals surface area contributed by atoms with Crippen molar-refractivity contribution in [3.05, 3.63) is 66.2 Å². The Hall–Kier alpha value is -3.28. The lowest BCUT2D eigenvalue weighted by Gasteiger charge is -2.38. The Morgan fingerprint density at radius 1 is 0.889 bits per heavy atom.